The van der Waals surface area contributed by atoms with Gasteiger partial charge in [0.25, 0.3) is 0 Å². The Morgan fingerprint density at radius 3 is 1.46 bits per heavy atom. The van der Waals surface area contributed by atoms with E-state index < -0.39 is 18.1 Å². The van der Waals surface area contributed by atoms with E-state index in [1.165, 1.54) is 0 Å². The first-order valence-electron chi connectivity index (χ1n) is 1.98. The molecular weight excluding hydrogens is 259 g/mol. The molecule has 0 bridgehead atoms. The molecule has 0 spiro atoms. The van der Waals surface area contributed by atoms with Crippen LogP contribution in [0.25, 0.3) is 0 Å². The van der Waals surface area contributed by atoms with Crippen LogP contribution in [0.15, 0.2) is 18.2 Å². The van der Waals surface area contributed by atoms with E-state index >= 15 is 0 Å². The van der Waals surface area contributed by atoms with Crippen LogP contribution in [0.2, 0.25) is 0 Å². The van der Waals surface area contributed by atoms with E-state index in [9.17, 15) is 6.63 Å². The predicted molar refractivity (Wildman–Crippen MR) is 55.9 cm³/mol. The molecule has 0 nitrogen and oxygen atoms in total. The van der Waals surface area contributed by atoms with Crippen LogP contribution in [-0.4, -0.2) is 0 Å². The predicted octanol–water partition coefficient (Wildman–Crippen LogP) is 4.40. The summed E-state index contributed by atoms with van der Waals surface area (Å²) in [6.45, 7) is 0. The monoisotopic (exact) mass is 280 g/mol. The third-order valence-electron chi connectivity index (χ3n) is 0.586. The topological polar surface area (TPSA) is 0 Å². The molecular formula is C10H20F2Ru-6. The molecule has 0 atom stereocenters. The van der Waals surface area contributed by atoms with Gasteiger partial charge in [-0.3, -0.25) is 6.08 Å². The number of halogens is 2. The summed E-state index contributed by atoms with van der Waals surface area (Å²) in [5.41, 5.74) is 0. The molecule has 0 heterocycles. The maximum absolute atomic E-state index is 9.72. The van der Waals surface area contributed by atoms with E-state index in [1.54, 1.807) is 0 Å². The second-order valence-electron chi connectivity index (χ2n) is 1.05. The summed E-state index contributed by atoms with van der Waals surface area (Å²) >= 11 is -2.29. The van der Waals surface area contributed by atoms with Crippen molar-refractivity contribution in [2.45, 2.75) is 6.42 Å². The fraction of sp³-hybridized carbons (Fsp3) is 0.100. The van der Waals surface area contributed by atoms with Crippen LogP contribution < -0.4 is 0 Å². The van der Waals surface area contributed by atoms with Gasteiger partial charge in [-0.1, -0.05) is 0 Å². The van der Waals surface area contributed by atoms with Crippen LogP contribution in [0.4, 0.5) is 6.63 Å². The molecule has 13 heavy (non-hydrogen) atoms. The van der Waals surface area contributed by atoms with E-state index in [0.717, 1.165) is 6.42 Å². The fourth-order valence-electron chi connectivity index (χ4n) is 0.340. The van der Waals surface area contributed by atoms with Gasteiger partial charge in [0.2, 0.25) is 0 Å². The minimum absolute atomic E-state index is 0. The van der Waals surface area contributed by atoms with E-state index in [1.807, 2.05) is 12.2 Å². The summed E-state index contributed by atoms with van der Waals surface area (Å²) in [5.74, 6) is 0. The Balaban J connectivity index is -0.0000000144. The van der Waals surface area contributed by atoms with Crippen LogP contribution >= 0.6 is 0 Å². The molecule has 88 valence electrons. The van der Waals surface area contributed by atoms with Crippen LogP contribution in [0, 0.1) is 43.2 Å². The van der Waals surface area contributed by atoms with Gasteiger partial charge in [-0.25, -0.2) is 12.2 Å². The van der Waals surface area contributed by atoms with Gasteiger partial charge in [-0.2, -0.15) is 6.08 Å². The standard InChI is InChI=1S/C5H5.5CH3.2FH.Ru/c1-2-4-5-3-1;;;;;;;;/h1-3H,4H2;5*1H3;2*1H;/q6*-1;;;+2/p-2. The van der Waals surface area contributed by atoms with Crippen LogP contribution in [0.3, 0.4) is 0 Å². The average molecular weight is 279 g/mol. The molecule has 3 heteroatoms. The molecule has 0 radical (unpaired) electrons. The Labute approximate surface area is 92.9 Å². The normalized spacial score (nSPS) is 8.46. The number of hydrogen-bond donors (Lipinski definition) is 0. The van der Waals surface area contributed by atoms with Crippen molar-refractivity contribution in [2.24, 2.45) is 0 Å². The second kappa shape index (κ2) is 40.4. The fourth-order valence-corrected chi connectivity index (χ4v) is 0.340. The molecule has 0 aliphatic heterocycles. The van der Waals surface area contributed by atoms with Crippen molar-refractivity contribution in [3.05, 3.63) is 61.4 Å². The van der Waals surface area contributed by atoms with E-state index in [2.05, 4.69) is 12.2 Å². The van der Waals surface area contributed by atoms with Crippen molar-refractivity contribution < 1.29 is 24.8 Å². The van der Waals surface area contributed by atoms with Gasteiger partial charge in [0.05, 0.1) is 0 Å². The van der Waals surface area contributed by atoms with Crippen molar-refractivity contribution >= 4 is 0 Å². The molecule has 0 N–H and O–H groups in total. The quantitative estimate of drug-likeness (QED) is 0.455. The molecule has 0 saturated heterocycles. The van der Waals surface area contributed by atoms with Gasteiger partial charge in [0, 0.05) is 0 Å². The van der Waals surface area contributed by atoms with Crippen molar-refractivity contribution in [3.8, 4) is 0 Å². The molecule has 0 unspecified atom stereocenters. The van der Waals surface area contributed by atoms with Crippen LogP contribution in [-0.2, 0) is 18.1 Å². The zero-order valence-electron chi connectivity index (χ0n) is 9.05. The van der Waals surface area contributed by atoms with Crippen molar-refractivity contribution in [1.29, 1.82) is 0 Å². The Kier molecular flexibility index (Phi) is 119. The van der Waals surface area contributed by atoms with Crippen molar-refractivity contribution in [3.63, 3.8) is 0 Å². The Hall–Kier alpha value is -0.0366. The molecule has 1 rings (SSSR count). The van der Waals surface area contributed by atoms with Gasteiger partial charge in [0.1, 0.15) is 0 Å². The van der Waals surface area contributed by atoms with Gasteiger partial charge >= 0.3 is 24.8 Å². The third-order valence-corrected chi connectivity index (χ3v) is 0.586. The minimum atomic E-state index is -2.29. The molecule has 0 saturated carbocycles. The molecule has 0 aromatic rings. The summed E-state index contributed by atoms with van der Waals surface area (Å²) in [5, 5.41) is 0. The van der Waals surface area contributed by atoms with E-state index in [0.29, 0.717) is 0 Å². The molecule has 0 aromatic heterocycles. The first-order chi connectivity index (χ1) is 3.91. The molecule has 1 aliphatic rings. The first-order valence-corrected chi connectivity index (χ1v) is 3.30. The zero-order valence-corrected chi connectivity index (χ0v) is 10.8. The number of rotatable bonds is 0. The number of hydrogen-bond acceptors (Lipinski definition) is 0. The van der Waals surface area contributed by atoms with Gasteiger partial charge in [0.15, 0.2) is 0 Å². The molecule has 0 fully saturated rings. The van der Waals surface area contributed by atoms with Crippen LogP contribution in [0.1, 0.15) is 6.42 Å². The Bertz CT molecular complexity index is 80.9. The van der Waals surface area contributed by atoms with Crippen LogP contribution in [0.5, 0.6) is 0 Å². The molecule has 1 aliphatic carbocycles. The average Bonchev–Trinajstić information content (AvgIpc) is 2.17. The van der Waals surface area contributed by atoms with Crippen molar-refractivity contribution in [2.75, 3.05) is 0 Å². The van der Waals surface area contributed by atoms with E-state index in [4.69, 9.17) is 0 Å². The van der Waals surface area contributed by atoms with Gasteiger partial charge in [-0.15, -0.1) is 6.42 Å². The Morgan fingerprint density at radius 1 is 1.00 bits per heavy atom. The first kappa shape index (κ1) is 38.3. The summed E-state index contributed by atoms with van der Waals surface area (Å²) in [6, 6.07) is 0. The molecule has 0 amide bonds. The van der Waals surface area contributed by atoms with E-state index in [-0.39, 0.29) is 37.1 Å². The van der Waals surface area contributed by atoms with Crippen molar-refractivity contribution in [1.82, 2.24) is 0 Å². The summed E-state index contributed by atoms with van der Waals surface area (Å²) in [4.78, 5) is 0. The second-order valence-corrected chi connectivity index (χ2v) is 1.30. The third kappa shape index (κ3) is 48.2. The van der Waals surface area contributed by atoms with Gasteiger partial charge < -0.3 is 37.1 Å². The zero-order chi connectivity index (χ0) is 6.24. The molecule has 0 aromatic carbocycles. The van der Waals surface area contributed by atoms with Gasteiger partial charge in [-0.05, 0) is 0 Å². The summed E-state index contributed by atoms with van der Waals surface area (Å²) in [7, 11) is 0. The summed E-state index contributed by atoms with van der Waals surface area (Å²) < 4.78 is 19.4. The summed E-state index contributed by atoms with van der Waals surface area (Å²) in [6.07, 6.45) is 10.0. The number of allylic oxidation sites excluding steroid dienone is 4. The Morgan fingerprint density at radius 2 is 1.38 bits per heavy atom. The SMILES string of the molecule is [C-]1=CC=CC1.[CH3-].[CH3-].[CH3-].[CH3-].[CH3-].[F][Ru][F]. The maximum atomic E-state index is 9.72.